The van der Waals surface area contributed by atoms with E-state index in [1.165, 1.54) is 6.07 Å². The molecule has 4 nitrogen and oxygen atoms in total. The number of alkyl halides is 1. The number of fused-ring (bicyclic) bond motifs is 1. The van der Waals surface area contributed by atoms with Crippen molar-refractivity contribution >= 4 is 28.5 Å². The van der Waals surface area contributed by atoms with Crippen LogP contribution in [0.2, 0.25) is 0 Å². The third-order valence-electron chi connectivity index (χ3n) is 2.74. The number of nitrogens with zero attached hydrogens (tertiary/aromatic N) is 2. The Morgan fingerprint density at radius 3 is 2.89 bits per heavy atom. The van der Waals surface area contributed by atoms with Crippen molar-refractivity contribution in [2.75, 3.05) is 5.88 Å². The van der Waals surface area contributed by atoms with Crippen molar-refractivity contribution in [1.82, 2.24) is 9.55 Å². The lowest BCUT2D eigenvalue weighted by molar-refractivity contribution is -0.118. The molecule has 96 valence electrons. The average Bonchev–Trinajstić information content (AvgIpc) is 2.58. The van der Waals surface area contributed by atoms with E-state index in [4.69, 9.17) is 17.3 Å². The van der Waals surface area contributed by atoms with Gasteiger partial charge in [0.2, 0.25) is 5.91 Å². The first-order valence-electron chi connectivity index (χ1n) is 5.52. The van der Waals surface area contributed by atoms with E-state index in [0.717, 1.165) is 0 Å². The summed E-state index contributed by atoms with van der Waals surface area (Å²) in [5, 5.41) is 0. The minimum atomic E-state index is -0.466. The van der Waals surface area contributed by atoms with Crippen LogP contribution in [0.25, 0.3) is 11.0 Å². The Kier molecular flexibility index (Phi) is 3.52. The molecular formula is C12H13ClFN3O. The van der Waals surface area contributed by atoms with Crippen LogP contribution in [0.4, 0.5) is 4.39 Å². The van der Waals surface area contributed by atoms with Gasteiger partial charge in [-0.1, -0.05) is 0 Å². The van der Waals surface area contributed by atoms with Crippen LogP contribution in [0.1, 0.15) is 11.4 Å². The molecule has 0 aliphatic heterocycles. The maximum absolute atomic E-state index is 13.5. The van der Waals surface area contributed by atoms with Gasteiger partial charge in [-0.3, -0.25) is 4.79 Å². The molecule has 2 rings (SSSR count). The van der Waals surface area contributed by atoms with E-state index in [0.29, 0.717) is 34.7 Å². The topological polar surface area (TPSA) is 60.9 Å². The standard InChI is InChI=1S/C12H13ClFN3O/c1-7-4-10-9(5-8(7)14)16-12(2-3-13)17(10)6-11(15)18/h4-5H,2-3,6H2,1H3,(H2,15,18). The van der Waals surface area contributed by atoms with Gasteiger partial charge in [-0.05, 0) is 18.6 Å². The Balaban J connectivity index is 2.64. The minimum Gasteiger partial charge on any atom is -0.368 e. The lowest BCUT2D eigenvalue weighted by Crippen LogP contribution is -2.20. The van der Waals surface area contributed by atoms with E-state index in [2.05, 4.69) is 4.98 Å². The maximum Gasteiger partial charge on any atom is 0.237 e. The highest BCUT2D eigenvalue weighted by atomic mass is 35.5. The van der Waals surface area contributed by atoms with E-state index in [1.54, 1.807) is 17.6 Å². The summed E-state index contributed by atoms with van der Waals surface area (Å²) in [6.07, 6.45) is 0.504. The predicted molar refractivity (Wildman–Crippen MR) is 68.0 cm³/mol. The zero-order chi connectivity index (χ0) is 13.3. The molecule has 1 aromatic heterocycles. The van der Waals surface area contributed by atoms with E-state index < -0.39 is 5.91 Å². The fraction of sp³-hybridized carbons (Fsp3) is 0.333. The van der Waals surface area contributed by atoms with Gasteiger partial charge in [-0.25, -0.2) is 9.37 Å². The summed E-state index contributed by atoms with van der Waals surface area (Å²) >= 11 is 5.69. The van der Waals surface area contributed by atoms with Crippen LogP contribution in [0.3, 0.4) is 0 Å². The molecule has 0 saturated carbocycles. The monoisotopic (exact) mass is 269 g/mol. The Bertz CT molecular complexity index is 609. The van der Waals surface area contributed by atoms with Crippen LogP contribution in [-0.4, -0.2) is 21.3 Å². The van der Waals surface area contributed by atoms with Gasteiger partial charge >= 0.3 is 0 Å². The largest absolute Gasteiger partial charge is 0.368 e. The second-order valence-electron chi connectivity index (χ2n) is 4.11. The van der Waals surface area contributed by atoms with Crippen LogP contribution in [0.5, 0.6) is 0 Å². The number of amides is 1. The molecule has 18 heavy (non-hydrogen) atoms. The highest BCUT2D eigenvalue weighted by Gasteiger charge is 2.13. The highest BCUT2D eigenvalue weighted by Crippen LogP contribution is 2.20. The summed E-state index contributed by atoms with van der Waals surface area (Å²) in [5.74, 6) is 0.239. The number of carbonyl (C=O) groups is 1. The molecule has 0 atom stereocenters. The smallest absolute Gasteiger partial charge is 0.237 e. The maximum atomic E-state index is 13.5. The number of imidazole rings is 1. The van der Waals surface area contributed by atoms with Gasteiger partial charge in [0.1, 0.15) is 18.2 Å². The van der Waals surface area contributed by atoms with Gasteiger partial charge in [-0.2, -0.15) is 0 Å². The number of hydrogen-bond acceptors (Lipinski definition) is 2. The second kappa shape index (κ2) is 4.94. The van der Waals surface area contributed by atoms with Crippen molar-refractivity contribution in [2.45, 2.75) is 19.9 Å². The van der Waals surface area contributed by atoms with Gasteiger partial charge in [0.15, 0.2) is 0 Å². The van der Waals surface area contributed by atoms with Crippen molar-refractivity contribution in [3.05, 3.63) is 29.3 Å². The predicted octanol–water partition coefficient (Wildman–Crippen LogP) is 1.75. The van der Waals surface area contributed by atoms with Gasteiger partial charge in [-0.15, -0.1) is 11.6 Å². The molecule has 0 radical (unpaired) electrons. The van der Waals surface area contributed by atoms with Gasteiger partial charge in [0.25, 0.3) is 0 Å². The molecule has 0 spiro atoms. The molecule has 6 heteroatoms. The number of aromatic nitrogens is 2. The summed E-state index contributed by atoms with van der Waals surface area (Å²) in [6.45, 7) is 1.69. The first-order chi connectivity index (χ1) is 8.52. The number of nitrogens with two attached hydrogens (primary N) is 1. The Morgan fingerprint density at radius 2 is 2.28 bits per heavy atom. The minimum absolute atomic E-state index is 0.0216. The lowest BCUT2D eigenvalue weighted by Gasteiger charge is -2.06. The molecular weight excluding hydrogens is 257 g/mol. The van der Waals surface area contributed by atoms with Gasteiger partial charge < -0.3 is 10.3 Å². The van der Waals surface area contributed by atoms with Crippen molar-refractivity contribution in [3.63, 3.8) is 0 Å². The molecule has 2 N–H and O–H groups in total. The second-order valence-corrected chi connectivity index (χ2v) is 4.49. The number of halogens is 2. The summed E-state index contributed by atoms with van der Waals surface area (Å²) in [6, 6.07) is 3.03. The number of primary amides is 1. The van der Waals surface area contributed by atoms with Crippen LogP contribution in [-0.2, 0) is 17.8 Å². The number of rotatable bonds is 4. The normalized spacial score (nSPS) is 11.1. The van der Waals surface area contributed by atoms with Crippen molar-refractivity contribution in [2.24, 2.45) is 5.73 Å². The van der Waals surface area contributed by atoms with Crippen molar-refractivity contribution in [3.8, 4) is 0 Å². The van der Waals surface area contributed by atoms with E-state index in [-0.39, 0.29) is 12.4 Å². The molecule has 1 heterocycles. The number of hydrogen-bond donors (Lipinski definition) is 1. The third kappa shape index (κ3) is 2.31. The van der Waals surface area contributed by atoms with Crippen molar-refractivity contribution in [1.29, 1.82) is 0 Å². The van der Waals surface area contributed by atoms with Crippen LogP contribution in [0, 0.1) is 12.7 Å². The zero-order valence-corrected chi connectivity index (χ0v) is 10.7. The van der Waals surface area contributed by atoms with E-state index in [9.17, 15) is 9.18 Å². The summed E-state index contributed by atoms with van der Waals surface area (Å²) in [4.78, 5) is 15.4. The third-order valence-corrected chi connectivity index (χ3v) is 2.93. The molecule has 0 bridgehead atoms. The Labute approximate surface area is 109 Å². The quantitative estimate of drug-likeness (QED) is 0.860. The number of aryl methyl sites for hydroxylation is 2. The number of benzene rings is 1. The SMILES string of the molecule is Cc1cc2c(cc1F)nc(CCCl)n2CC(N)=O. The van der Waals surface area contributed by atoms with Crippen LogP contribution < -0.4 is 5.73 Å². The molecule has 0 saturated heterocycles. The molecule has 2 aromatic rings. The lowest BCUT2D eigenvalue weighted by atomic mass is 10.2. The molecule has 1 aromatic carbocycles. The van der Waals surface area contributed by atoms with E-state index >= 15 is 0 Å². The number of carbonyl (C=O) groups excluding carboxylic acids is 1. The summed E-state index contributed by atoms with van der Waals surface area (Å²) in [7, 11) is 0. The molecule has 0 aliphatic rings. The van der Waals surface area contributed by atoms with Crippen LogP contribution in [0.15, 0.2) is 12.1 Å². The van der Waals surface area contributed by atoms with Gasteiger partial charge in [0, 0.05) is 18.4 Å². The van der Waals surface area contributed by atoms with Gasteiger partial charge in [0.05, 0.1) is 11.0 Å². The molecule has 0 aliphatic carbocycles. The summed E-state index contributed by atoms with van der Waals surface area (Å²) in [5.41, 5.74) is 6.93. The average molecular weight is 270 g/mol. The molecule has 0 unspecified atom stereocenters. The fourth-order valence-electron chi connectivity index (χ4n) is 1.91. The van der Waals surface area contributed by atoms with E-state index in [1.807, 2.05) is 0 Å². The first kappa shape index (κ1) is 12.8. The molecule has 0 fully saturated rings. The van der Waals surface area contributed by atoms with Crippen LogP contribution >= 0.6 is 11.6 Å². The highest BCUT2D eigenvalue weighted by molar-refractivity contribution is 6.17. The Morgan fingerprint density at radius 1 is 1.56 bits per heavy atom. The molecule has 1 amide bonds. The Hall–Kier alpha value is -1.62. The first-order valence-corrected chi connectivity index (χ1v) is 6.06. The fourth-order valence-corrected chi connectivity index (χ4v) is 2.08. The summed E-state index contributed by atoms with van der Waals surface area (Å²) < 4.78 is 15.2. The van der Waals surface area contributed by atoms with Crippen molar-refractivity contribution < 1.29 is 9.18 Å². The zero-order valence-electron chi connectivity index (χ0n) is 9.91.